The van der Waals surface area contributed by atoms with Gasteiger partial charge in [-0.2, -0.15) is 0 Å². The van der Waals surface area contributed by atoms with Gasteiger partial charge in [-0.3, -0.25) is 9.59 Å². The van der Waals surface area contributed by atoms with Crippen molar-refractivity contribution in [3.63, 3.8) is 0 Å². The van der Waals surface area contributed by atoms with Crippen molar-refractivity contribution in [3.8, 4) is 0 Å². The lowest BCUT2D eigenvalue weighted by molar-refractivity contribution is -0.157. The van der Waals surface area contributed by atoms with Crippen LogP contribution in [0, 0.1) is 34.0 Å². The normalized spacial score (nSPS) is 45.9. The van der Waals surface area contributed by atoms with Crippen LogP contribution in [-0.2, 0) is 9.59 Å². The van der Waals surface area contributed by atoms with Crippen molar-refractivity contribution in [1.29, 1.82) is 0 Å². The summed E-state index contributed by atoms with van der Waals surface area (Å²) >= 11 is 0. The van der Waals surface area contributed by atoms with E-state index in [0.29, 0.717) is 18.0 Å². The van der Waals surface area contributed by atoms with E-state index in [9.17, 15) is 9.59 Å². The number of amides is 2. The van der Waals surface area contributed by atoms with Crippen LogP contribution in [0.5, 0.6) is 0 Å². The summed E-state index contributed by atoms with van der Waals surface area (Å²) in [4.78, 5) is 27.1. The third-order valence-corrected chi connectivity index (χ3v) is 9.54. The largest absolute Gasteiger partial charge is 0.352 e. The first-order valence-electron chi connectivity index (χ1n) is 11.5. The molecule has 1 aliphatic heterocycles. The molecule has 0 bridgehead atoms. The lowest BCUT2D eigenvalue weighted by atomic mass is 9.47. The molecule has 0 aromatic heterocycles. The van der Waals surface area contributed by atoms with Crippen molar-refractivity contribution in [3.05, 3.63) is 0 Å². The standard InChI is InChI=1S/C24H40N2O2/c1-22(2,3)21(28)25-18-9-8-16-15-7-10-19-24(5,14-12-20(27)26(19)6)17(15)11-13-23(16,18)4/h15-19H,7-14H2,1-6H3,(H,25,28)/t15-,16-,17+,18?,19?,23-,24+/m0/s1. The Morgan fingerprint density at radius 1 is 1.00 bits per heavy atom. The summed E-state index contributed by atoms with van der Waals surface area (Å²) < 4.78 is 0. The maximum atomic E-state index is 12.7. The first kappa shape index (κ1) is 20.2. The number of piperidine rings is 1. The summed E-state index contributed by atoms with van der Waals surface area (Å²) in [5.74, 6) is 2.75. The Bertz CT molecular complexity index is 668. The van der Waals surface area contributed by atoms with E-state index < -0.39 is 0 Å². The van der Waals surface area contributed by atoms with E-state index in [4.69, 9.17) is 0 Å². The van der Waals surface area contributed by atoms with E-state index in [1.165, 1.54) is 25.7 Å². The Balaban J connectivity index is 1.55. The minimum atomic E-state index is -0.323. The summed E-state index contributed by atoms with van der Waals surface area (Å²) in [7, 11) is 2.03. The molecule has 1 saturated heterocycles. The minimum Gasteiger partial charge on any atom is -0.352 e. The summed E-state index contributed by atoms with van der Waals surface area (Å²) in [5, 5.41) is 3.44. The zero-order valence-corrected chi connectivity index (χ0v) is 18.8. The van der Waals surface area contributed by atoms with Gasteiger partial charge in [0.1, 0.15) is 0 Å². The van der Waals surface area contributed by atoms with Crippen molar-refractivity contribution in [2.75, 3.05) is 7.05 Å². The number of nitrogens with zero attached hydrogens (tertiary/aromatic N) is 1. The third-order valence-electron chi connectivity index (χ3n) is 9.54. The second-order valence-electron chi connectivity index (χ2n) is 11.9. The van der Waals surface area contributed by atoms with Crippen molar-refractivity contribution < 1.29 is 9.59 Å². The minimum absolute atomic E-state index is 0.199. The first-order chi connectivity index (χ1) is 13.0. The molecule has 4 aliphatic rings. The van der Waals surface area contributed by atoms with Gasteiger partial charge in [0.05, 0.1) is 0 Å². The second kappa shape index (κ2) is 6.47. The highest BCUT2D eigenvalue weighted by molar-refractivity contribution is 5.81. The number of likely N-dealkylation sites (tertiary alicyclic amines) is 1. The average molecular weight is 389 g/mol. The van der Waals surface area contributed by atoms with Gasteiger partial charge in [-0.05, 0) is 73.5 Å². The van der Waals surface area contributed by atoms with Gasteiger partial charge in [0.25, 0.3) is 0 Å². The molecule has 2 unspecified atom stereocenters. The fourth-order valence-corrected chi connectivity index (χ4v) is 7.76. The predicted octanol–water partition coefficient (Wildman–Crippen LogP) is 4.38. The summed E-state index contributed by atoms with van der Waals surface area (Å²) in [5.41, 5.74) is 0.192. The predicted molar refractivity (Wildman–Crippen MR) is 112 cm³/mol. The zero-order chi connectivity index (χ0) is 20.5. The number of hydrogen-bond acceptors (Lipinski definition) is 2. The van der Waals surface area contributed by atoms with Crippen molar-refractivity contribution >= 4 is 11.8 Å². The summed E-state index contributed by atoms with van der Waals surface area (Å²) in [6.45, 7) is 11.0. The first-order valence-corrected chi connectivity index (χ1v) is 11.5. The topological polar surface area (TPSA) is 49.4 Å². The summed E-state index contributed by atoms with van der Waals surface area (Å²) in [6, 6.07) is 0.753. The zero-order valence-electron chi connectivity index (χ0n) is 18.8. The second-order valence-corrected chi connectivity index (χ2v) is 11.9. The fraction of sp³-hybridized carbons (Fsp3) is 0.917. The van der Waals surface area contributed by atoms with Crippen LogP contribution < -0.4 is 5.32 Å². The van der Waals surface area contributed by atoms with Crippen LogP contribution in [-0.4, -0.2) is 35.8 Å². The SMILES string of the molecule is CN1C(=O)CC[C@@]2(C)C1CC[C@@H]1[C@H]2CC[C@]2(C)C(NC(=O)C(C)(C)C)CC[C@@H]12. The van der Waals surface area contributed by atoms with Gasteiger partial charge in [-0.1, -0.05) is 34.6 Å². The number of carbonyl (C=O) groups excluding carboxylic acids is 2. The molecule has 7 atom stereocenters. The van der Waals surface area contributed by atoms with Crippen LogP contribution in [0.3, 0.4) is 0 Å². The average Bonchev–Trinajstić information content (AvgIpc) is 2.94. The Labute approximate surface area is 171 Å². The van der Waals surface area contributed by atoms with Gasteiger partial charge >= 0.3 is 0 Å². The highest BCUT2D eigenvalue weighted by Gasteiger charge is 2.61. The fourth-order valence-electron chi connectivity index (χ4n) is 7.76. The molecule has 3 aliphatic carbocycles. The van der Waals surface area contributed by atoms with Crippen molar-refractivity contribution in [2.24, 2.45) is 34.0 Å². The van der Waals surface area contributed by atoms with E-state index in [2.05, 4.69) is 24.1 Å². The number of hydrogen-bond donors (Lipinski definition) is 1. The van der Waals surface area contributed by atoms with Crippen LogP contribution in [0.25, 0.3) is 0 Å². The molecule has 28 heavy (non-hydrogen) atoms. The quantitative estimate of drug-likeness (QED) is 0.725. The van der Waals surface area contributed by atoms with Crippen LogP contribution in [0.1, 0.15) is 86.0 Å². The molecule has 4 nitrogen and oxygen atoms in total. The molecule has 1 heterocycles. The molecule has 3 saturated carbocycles. The molecule has 4 rings (SSSR count). The molecule has 1 N–H and O–H groups in total. The van der Waals surface area contributed by atoms with Crippen LogP contribution in [0.2, 0.25) is 0 Å². The van der Waals surface area contributed by atoms with Gasteiger partial charge < -0.3 is 10.2 Å². The van der Waals surface area contributed by atoms with Crippen molar-refractivity contribution in [1.82, 2.24) is 10.2 Å². The van der Waals surface area contributed by atoms with E-state index >= 15 is 0 Å². The molecule has 0 aromatic carbocycles. The maximum absolute atomic E-state index is 12.7. The molecule has 158 valence electrons. The van der Waals surface area contributed by atoms with Crippen LogP contribution >= 0.6 is 0 Å². The van der Waals surface area contributed by atoms with E-state index in [0.717, 1.165) is 43.4 Å². The number of fused-ring (bicyclic) bond motifs is 5. The van der Waals surface area contributed by atoms with Crippen molar-refractivity contribution in [2.45, 2.75) is 98.1 Å². The summed E-state index contributed by atoms with van der Waals surface area (Å²) in [6.07, 6.45) is 9.05. The Kier molecular flexibility index (Phi) is 4.67. The molecular formula is C24H40N2O2. The number of nitrogens with one attached hydrogen (secondary N) is 1. The highest BCUT2D eigenvalue weighted by atomic mass is 16.2. The van der Waals surface area contributed by atoms with E-state index in [1.54, 1.807) is 0 Å². The van der Waals surface area contributed by atoms with Gasteiger partial charge in [0, 0.05) is 31.0 Å². The number of rotatable bonds is 1. The Morgan fingerprint density at radius 3 is 2.36 bits per heavy atom. The van der Waals surface area contributed by atoms with Gasteiger partial charge in [0.2, 0.25) is 11.8 Å². The monoisotopic (exact) mass is 388 g/mol. The molecule has 2 amide bonds. The molecule has 0 spiro atoms. The lowest BCUT2D eigenvalue weighted by Crippen LogP contribution is -2.62. The third kappa shape index (κ3) is 2.84. The Hall–Kier alpha value is -1.06. The molecule has 4 heteroatoms. The highest BCUT2D eigenvalue weighted by Crippen LogP contribution is 2.64. The molecule has 0 radical (unpaired) electrons. The van der Waals surface area contributed by atoms with Gasteiger partial charge in [-0.15, -0.1) is 0 Å². The molecule has 4 fully saturated rings. The maximum Gasteiger partial charge on any atom is 0.225 e. The van der Waals surface area contributed by atoms with Crippen LogP contribution in [0.15, 0.2) is 0 Å². The molecule has 0 aromatic rings. The van der Waals surface area contributed by atoms with E-state index in [-0.39, 0.29) is 22.2 Å². The van der Waals surface area contributed by atoms with E-state index in [1.807, 2.05) is 27.8 Å². The molecular weight excluding hydrogens is 348 g/mol. The van der Waals surface area contributed by atoms with Crippen LogP contribution in [0.4, 0.5) is 0 Å². The lowest BCUT2D eigenvalue weighted by Gasteiger charge is -2.61. The smallest absolute Gasteiger partial charge is 0.225 e. The van der Waals surface area contributed by atoms with Gasteiger partial charge in [0.15, 0.2) is 0 Å². The van der Waals surface area contributed by atoms with Gasteiger partial charge in [-0.25, -0.2) is 0 Å². The number of carbonyl (C=O) groups is 2. The Morgan fingerprint density at radius 2 is 1.68 bits per heavy atom.